The predicted octanol–water partition coefficient (Wildman–Crippen LogP) is 5.63. The number of amides is 1. The van der Waals surface area contributed by atoms with Crippen LogP contribution in [-0.2, 0) is 16.0 Å². The van der Waals surface area contributed by atoms with Gasteiger partial charge in [0.1, 0.15) is 0 Å². The van der Waals surface area contributed by atoms with E-state index in [1.807, 2.05) is 25.1 Å². The van der Waals surface area contributed by atoms with E-state index in [0.29, 0.717) is 23.1 Å². The van der Waals surface area contributed by atoms with Gasteiger partial charge in [0, 0.05) is 6.61 Å². The summed E-state index contributed by atoms with van der Waals surface area (Å²) >= 11 is 7.88. The lowest BCUT2D eigenvalue weighted by atomic mass is 10.0. The fourth-order valence-corrected chi connectivity index (χ4v) is 5.01. The molecule has 3 aromatic rings. The highest BCUT2D eigenvalue weighted by atomic mass is 35.5. The molecule has 6 heteroatoms. The summed E-state index contributed by atoms with van der Waals surface area (Å²) in [4.78, 5) is 19.9. The first-order valence-corrected chi connectivity index (χ1v) is 11.2. The van der Waals surface area contributed by atoms with Crippen molar-refractivity contribution < 1.29 is 9.53 Å². The number of carbonyl (C=O) groups excluding carboxylic acids is 1. The van der Waals surface area contributed by atoms with E-state index in [1.54, 1.807) is 4.90 Å². The smallest absolute Gasteiger partial charge is 0.233 e. The molecular formula is C23H25ClN2O2S. The predicted molar refractivity (Wildman–Crippen MR) is 120 cm³/mol. The average Bonchev–Trinajstić information content (AvgIpc) is 3.36. The van der Waals surface area contributed by atoms with Gasteiger partial charge in [-0.25, -0.2) is 4.98 Å². The monoisotopic (exact) mass is 428 g/mol. The number of hydrogen-bond donors (Lipinski definition) is 0. The van der Waals surface area contributed by atoms with Crippen molar-refractivity contribution in [3.63, 3.8) is 0 Å². The van der Waals surface area contributed by atoms with Crippen LogP contribution in [0.25, 0.3) is 10.2 Å². The molecule has 2 heterocycles. The van der Waals surface area contributed by atoms with E-state index in [0.717, 1.165) is 40.8 Å². The van der Waals surface area contributed by atoms with Gasteiger partial charge in [-0.3, -0.25) is 9.69 Å². The SMILES string of the molecule is Cc1ccc(CC(=O)N(CC2CCCO2)c2nc3c(C)ccc(Cl)c3s2)cc1C. The minimum Gasteiger partial charge on any atom is -0.376 e. The Labute approximate surface area is 180 Å². The molecule has 1 saturated heterocycles. The molecule has 4 rings (SSSR count). The molecule has 1 aliphatic heterocycles. The lowest BCUT2D eigenvalue weighted by Gasteiger charge is -2.23. The molecule has 1 fully saturated rings. The van der Waals surface area contributed by atoms with E-state index in [2.05, 4.69) is 26.0 Å². The highest BCUT2D eigenvalue weighted by Gasteiger charge is 2.27. The third-order valence-corrected chi connectivity index (χ3v) is 7.09. The van der Waals surface area contributed by atoms with Crippen LogP contribution in [0.5, 0.6) is 0 Å². The number of aryl methyl sites for hydroxylation is 3. The van der Waals surface area contributed by atoms with Crippen LogP contribution >= 0.6 is 22.9 Å². The van der Waals surface area contributed by atoms with Gasteiger partial charge in [0.15, 0.2) is 5.13 Å². The zero-order valence-electron chi connectivity index (χ0n) is 17.0. The van der Waals surface area contributed by atoms with Crippen molar-refractivity contribution in [1.82, 2.24) is 4.98 Å². The molecule has 1 aliphatic rings. The molecule has 152 valence electrons. The summed E-state index contributed by atoms with van der Waals surface area (Å²) < 4.78 is 6.75. The molecule has 0 aliphatic carbocycles. The minimum absolute atomic E-state index is 0.0385. The Kier molecular flexibility index (Phi) is 5.91. The molecule has 29 heavy (non-hydrogen) atoms. The number of anilines is 1. The Bertz CT molecular complexity index is 1020. The highest BCUT2D eigenvalue weighted by molar-refractivity contribution is 7.23. The molecule has 0 saturated carbocycles. The molecule has 1 amide bonds. The molecule has 2 aromatic carbocycles. The number of nitrogens with zero attached hydrogens (tertiary/aromatic N) is 2. The van der Waals surface area contributed by atoms with Crippen LogP contribution in [0.4, 0.5) is 5.13 Å². The Morgan fingerprint density at radius 2 is 2.00 bits per heavy atom. The van der Waals surface area contributed by atoms with Gasteiger partial charge in [-0.15, -0.1) is 0 Å². The molecule has 0 radical (unpaired) electrons. The van der Waals surface area contributed by atoms with E-state index >= 15 is 0 Å². The van der Waals surface area contributed by atoms with Gasteiger partial charge in [-0.05, 0) is 61.9 Å². The Morgan fingerprint density at radius 3 is 2.69 bits per heavy atom. The summed E-state index contributed by atoms with van der Waals surface area (Å²) in [5.41, 5.74) is 5.38. The molecule has 1 atom stereocenters. The minimum atomic E-state index is 0.0385. The van der Waals surface area contributed by atoms with Crippen LogP contribution in [0.1, 0.15) is 35.1 Å². The topological polar surface area (TPSA) is 42.4 Å². The first-order chi connectivity index (χ1) is 13.9. The number of aromatic nitrogens is 1. The molecule has 1 aromatic heterocycles. The third kappa shape index (κ3) is 4.32. The number of hydrogen-bond acceptors (Lipinski definition) is 4. The number of halogens is 1. The van der Waals surface area contributed by atoms with Crippen LogP contribution in [0, 0.1) is 20.8 Å². The van der Waals surface area contributed by atoms with Gasteiger partial charge >= 0.3 is 0 Å². The summed E-state index contributed by atoms with van der Waals surface area (Å²) in [7, 11) is 0. The van der Waals surface area contributed by atoms with Crippen LogP contribution < -0.4 is 4.90 Å². The zero-order valence-corrected chi connectivity index (χ0v) is 18.6. The average molecular weight is 429 g/mol. The Morgan fingerprint density at radius 1 is 1.21 bits per heavy atom. The fraction of sp³-hybridized carbons (Fsp3) is 0.391. The van der Waals surface area contributed by atoms with Crippen molar-refractivity contribution >= 4 is 44.2 Å². The number of benzene rings is 2. The summed E-state index contributed by atoms with van der Waals surface area (Å²) in [6.07, 6.45) is 2.41. The standard InChI is InChI=1S/C23H25ClN2O2S/c1-14-6-8-17(11-16(14)3)12-20(27)26(13-18-5-4-10-28-18)23-25-21-15(2)7-9-19(24)22(21)29-23/h6-9,11,18H,4-5,10,12-13H2,1-3H3. The van der Waals surface area contributed by atoms with Gasteiger partial charge < -0.3 is 4.74 Å². The van der Waals surface area contributed by atoms with Crippen LogP contribution in [-0.4, -0.2) is 30.1 Å². The summed E-state index contributed by atoms with van der Waals surface area (Å²) in [6.45, 7) is 7.46. The van der Waals surface area contributed by atoms with Gasteiger partial charge in [0.2, 0.25) is 5.91 Å². The quantitative estimate of drug-likeness (QED) is 0.528. The maximum Gasteiger partial charge on any atom is 0.233 e. The first kappa shape index (κ1) is 20.3. The number of fused-ring (bicyclic) bond motifs is 1. The van der Waals surface area contributed by atoms with E-state index < -0.39 is 0 Å². The summed E-state index contributed by atoms with van der Waals surface area (Å²) in [5.74, 6) is 0.0385. The zero-order chi connectivity index (χ0) is 20.5. The largest absolute Gasteiger partial charge is 0.376 e. The second-order valence-corrected chi connectivity index (χ2v) is 9.16. The van der Waals surface area contributed by atoms with Crippen LogP contribution in [0.15, 0.2) is 30.3 Å². The molecule has 1 unspecified atom stereocenters. The van der Waals surface area contributed by atoms with E-state index in [9.17, 15) is 4.79 Å². The van der Waals surface area contributed by atoms with Gasteiger partial charge in [-0.1, -0.05) is 47.2 Å². The lowest BCUT2D eigenvalue weighted by Crippen LogP contribution is -2.38. The van der Waals surface area contributed by atoms with Crippen molar-refractivity contribution in [1.29, 1.82) is 0 Å². The molecule has 0 N–H and O–H groups in total. The highest BCUT2D eigenvalue weighted by Crippen LogP contribution is 2.36. The van der Waals surface area contributed by atoms with Crippen molar-refractivity contribution in [3.8, 4) is 0 Å². The van der Waals surface area contributed by atoms with Crippen molar-refractivity contribution in [3.05, 3.63) is 57.6 Å². The Balaban J connectivity index is 1.67. The maximum absolute atomic E-state index is 13.3. The van der Waals surface area contributed by atoms with E-state index in [4.69, 9.17) is 21.3 Å². The second-order valence-electron chi connectivity index (χ2n) is 7.77. The fourth-order valence-electron chi connectivity index (χ4n) is 3.67. The number of carbonyl (C=O) groups is 1. The number of ether oxygens (including phenoxy) is 1. The Hall–Kier alpha value is -1.95. The summed E-state index contributed by atoms with van der Waals surface area (Å²) in [5, 5.41) is 1.37. The molecule has 0 bridgehead atoms. The molecular weight excluding hydrogens is 404 g/mol. The van der Waals surface area contributed by atoms with Crippen LogP contribution in [0.2, 0.25) is 5.02 Å². The number of rotatable bonds is 5. The normalized spacial score (nSPS) is 16.5. The van der Waals surface area contributed by atoms with E-state index in [1.165, 1.54) is 22.5 Å². The van der Waals surface area contributed by atoms with Crippen LogP contribution in [0.3, 0.4) is 0 Å². The van der Waals surface area contributed by atoms with Crippen molar-refractivity contribution in [2.45, 2.75) is 46.1 Å². The van der Waals surface area contributed by atoms with E-state index in [-0.39, 0.29) is 12.0 Å². The third-order valence-electron chi connectivity index (χ3n) is 5.55. The second kappa shape index (κ2) is 8.42. The van der Waals surface area contributed by atoms with Gasteiger partial charge in [-0.2, -0.15) is 0 Å². The molecule has 0 spiro atoms. The molecule has 4 nitrogen and oxygen atoms in total. The van der Waals surface area contributed by atoms with Crippen molar-refractivity contribution in [2.24, 2.45) is 0 Å². The summed E-state index contributed by atoms with van der Waals surface area (Å²) in [6, 6.07) is 10.1. The van der Waals surface area contributed by atoms with Gasteiger partial charge in [0.25, 0.3) is 0 Å². The van der Waals surface area contributed by atoms with Gasteiger partial charge in [0.05, 0.1) is 34.3 Å². The first-order valence-electron chi connectivity index (χ1n) is 9.96. The maximum atomic E-state index is 13.3. The van der Waals surface area contributed by atoms with Crippen molar-refractivity contribution in [2.75, 3.05) is 18.1 Å². The number of thiazole rings is 1. The lowest BCUT2D eigenvalue weighted by molar-refractivity contribution is -0.118.